The van der Waals surface area contributed by atoms with Gasteiger partial charge in [0.05, 0.1) is 12.0 Å². The van der Waals surface area contributed by atoms with Gasteiger partial charge >= 0.3 is 0 Å². The molecule has 25 heavy (non-hydrogen) atoms. The third-order valence-electron chi connectivity index (χ3n) is 7.01. The molecular formula is C21H26N2OS. The van der Waals surface area contributed by atoms with Crippen molar-refractivity contribution in [2.75, 3.05) is 12.3 Å². The average Bonchev–Trinajstić information content (AvgIpc) is 3.07. The molecule has 4 saturated carbocycles. The van der Waals surface area contributed by atoms with Gasteiger partial charge in [-0.2, -0.15) is 0 Å². The summed E-state index contributed by atoms with van der Waals surface area (Å²) in [7, 11) is 0. The van der Waals surface area contributed by atoms with Crippen molar-refractivity contribution in [1.82, 2.24) is 5.32 Å². The summed E-state index contributed by atoms with van der Waals surface area (Å²) in [6, 6.07) is 9.13. The summed E-state index contributed by atoms with van der Waals surface area (Å²) in [6.07, 6.45) is 7.08. The van der Waals surface area contributed by atoms with Crippen molar-refractivity contribution in [1.29, 1.82) is 0 Å². The third kappa shape index (κ3) is 2.56. The van der Waals surface area contributed by atoms with E-state index < -0.39 is 0 Å². The van der Waals surface area contributed by atoms with Gasteiger partial charge in [-0.25, -0.2) is 0 Å². The van der Waals surface area contributed by atoms with Gasteiger partial charge < -0.3 is 5.32 Å². The Labute approximate surface area is 154 Å². The summed E-state index contributed by atoms with van der Waals surface area (Å²) in [6.45, 7) is 2.99. The maximum atomic E-state index is 13.3. The second-order valence-electron chi connectivity index (χ2n) is 8.88. The zero-order chi connectivity index (χ0) is 17.1. The molecule has 0 unspecified atom stereocenters. The molecular weight excluding hydrogens is 328 g/mol. The molecule has 1 heterocycles. The van der Waals surface area contributed by atoms with Crippen molar-refractivity contribution < 1.29 is 4.79 Å². The van der Waals surface area contributed by atoms with Crippen LogP contribution in [0, 0.1) is 24.2 Å². The fraction of sp³-hybridized carbons (Fsp3) is 0.619. The summed E-state index contributed by atoms with van der Waals surface area (Å²) in [5.74, 6) is 2.69. The number of aryl methyl sites for hydroxylation is 1. The van der Waals surface area contributed by atoms with E-state index in [-0.39, 0.29) is 16.7 Å². The van der Waals surface area contributed by atoms with Crippen LogP contribution in [0.5, 0.6) is 0 Å². The van der Waals surface area contributed by atoms with Crippen molar-refractivity contribution in [2.45, 2.75) is 50.9 Å². The van der Waals surface area contributed by atoms with Gasteiger partial charge in [-0.3, -0.25) is 9.79 Å². The number of carbonyl (C=O) groups excluding carboxylic acids is 1. The Morgan fingerprint density at radius 2 is 1.88 bits per heavy atom. The lowest BCUT2D eigenvalue weighted by Crippen LogP contribution is -2.59. The van der Waals surface area contributed by atoms with Crippen LogP contribution in [0.1, 0.15) is 49.7 Å². The van der Waals surface area contributed by atoms with Gasteiger partial charge in [-0.05, 0) is 68.3 Å². The minimum Gasteiger partial charge on any atom is -0.305 e. The van der Waals surface area contributed by atoms with E-state index in [4.69, 9.17) is 0 Å². The minimum atomic E-state index is -0.166. The maximum Gasteiger partial charge on any atom is 0.232 e. The van der Waals surface area contributed by atoms with E-state index in [2.05, 4.69) is 41.5 Å². The molecule has 0 saturated heterocycles. The summed E-state index contributed by atoms with van der Waals surface area (Å²) in [4.78, 5) is 17.7. The van der Waals surface area contributed by atoms with E-state index in [0.29, 0.717) is 11.8 Å². The molecule has 132 valence electrons. The smallest absolute Gasteiger partial charge is 0.232 e. The summed E-state index contributed by atoms with van der Waals surface area (Å²) >= 11 is 1.69. The average molecular weight is 355 g/mol. The molecule has 0 radical (unpaired) electrons. The topological polar surface area (TPSA) is 41.5 Å². The van der Waals surface area contributed by atoms with Gasteiger partial charge in [0.2, 0.25) is 5.91 Å². The molecule has 4 heteroatoms. The van der Waals surface area contributed by atoms with Crippen LogP contribution in [0.4, 0.5) is 0 Å². The molecule has 4 fully saturated rings. The largest absolute Gasteiger partial charge is 0.305 e. The molecule has 5 aliphatic rings. The molecule has 4 aliphatic carbocycles. The Morgan fingerprint density at radius 1 is 1.16 bits per heavy atom. The van der Waals surface area contributed by atoms with Crippen LogP contribution in [0.25, 0.3) is 0 Å². The van der Waals surface area contributed by atoms with Crippen molar-refractivity contribution >= 4 is 22.8 Å². The maximum absolute atomic E-state index is 13.3. The van der Waals surface area contributed by atoms with Crippen molar-refractivity contribution in [2.24, 2.45) is 22.2 Å². The molecule has 3 nitrogen and oxygen atoms in total. The molecule has 1 N–H and O–H groups in total. The first-order chi connectivity index (χ1) is 12.1. The lowest BCUT2D eigenvalue weighted by atomic mass is 9.42. The fourth-order valence-corrected chi connectivity index (χ4v) is 7.14. The van der Waals surface area contributed by atoms with Gasteiger partial charge in [0, 0.05) is 5.75 Å². The Balaban J connectivity index is 1.48. The monoisotopic (exact) mass is 354 g/mol. The molecule has 0 spiro atoms. The fourth-order valence-electron chi connectivity index (χ4n) is 6.41. The highest BCUT2D eigenvalue weighted by molar-refractivity contribution is 8.14. The van der Waals surface area contributed by atoms with E-state index >= 15 is 0 Å². The van der Waals surface area contributed by atoms with Gasteiger partial charge in [0.1, 0.15) is 0 Å². The third-order valence-corrected chi connectivity index (χ3v) is 7.90. The molecule has 4 bridgehead atoms. The van der Waals surface area contributed by atoms with Crippen LogP contribution in [0.3, 0.4) is 0 Å². The molecule has 1 amide bonds. The summed E-state index contributed by atoms with van der Waals surface area (Å²) < 4.78 is 0. The first-order valence-corrected chi connectivity index (χ1v) is 10.6. The van der Waals surface area contributed by atoms with E-state index in [0.717, 1.165) is 36.7 Å². The lowest BCUT2D eigenvalue weighted by Gasteiger charge is -2.61. The van der Waals surface area contributed by atoms with E-state index in [1.807, 2.05) is 0 Å². The Kier molecular flexibility index (Phi) is 3.57. The standard InChI is InChI=1S/C21H26N2OS/c1-14-2-4-17(5-3-14)20-9-15-8-16(10-20)12-21(11-15,13-20)18(24)23-19-22-6-7-25-19/h2-5,15-16H,6-13H2,1H3,(H,22,23,24)/t15-,16-,20?,21?/m1/s1. The molecule has 1 aliphatic heterocycles. The first kappa shape index (κ1) is 15.9. The zero-order valence-corrected chi connectivity index (χ0v) is 15.7. The van der Waals surface area contributed by atoms with Crippen LogP contribution in [-0.4, -0.2) is 23.4 Å². The SMILES string of the molecule is Cc1ccc(C23C[C@H]4C[C@@H](CC(C(=O)NC5=NCCS5)(C4)C2)C3)cc1. The van der Waals surface area contributed by atoms with E-state index in [1.165, 1.54) is 30.4 Å². The molecule has 1 aromatic rings. The number of rotatable bonds is 2. The Bertz CT molecular complexity index is 725. The summed E-state index contributed by atoms with van der Waals surface area (Å²) in [5, 5.41) is 4.04. The van der Waals surface area contributed by atoms with Crippen molar-refractivity contribution in [3.63, 3.8) is 0 Å². The highest BCUT2D eigenvalue weighted by Crippen LogP contribution is 2.65. The van der Waals surface area contributed by atoms with Gasteiger partial charge in [0.15, 0.2) is 5.17 Å². The number of aliphatic imine (C=N–C) groups is 1. The van der Waals surface area contributed by atoms with Crippen LogP contribution in [0.15, 0.2) is 29.3 Å². The number of thioether (sulfide) groups is 1. The number of amides is 1. The summed E-state index contributed by atoms with van der Waals surface area (Å²) in [5.41, 5.74) is 2.84. The number of carbonyl (C=O) groups is 1. The molecule has 1 aromatic carbocycles. The lowest BCUT2D eigenvalue weighted by molar-refractivity contribution is -0.147. The first-order valence-electron chi connectivity index (χ1n) is 9.63. The molecule has 0 aromatic heterocycles. The van der Waals surface area contributed by atoms with Crippen molar-refractivity contribution in [3.8, 4) is 0 Å². The predicted molar refractivity (Wildman–Crippen MR) is 103 cm³/mol. The van der Waals surface area contributed by atoms with E-state index in [1.54, 1.807) is 11.8 Å². The number of amidine groups is 1. The van der Waals surface area contributed by atoms with Crippen LogP contribution < -0.4 is 5.32 Å². The Hall–Kier alpha value is -1.29. The highest BCUT2D eigenvalue weighted by atomic mass is 32.2. The second-order valence-corrected chi connectivity index (χ2v) is 9.96. The number of benzene rings is 1. The van der Waals surface area contributed by atoms with Gasteiger partial charge in [0.25, 0.3) is 0 Å². The number of nitrogens with zero attached hydrogens (tertiary/aromatic N) is 1. The van der Waals surface area contributed by atoms with Crippen LogP contribution in [-0.2, 0) is 10.2 Å². The van der Waals surface area contributed by atoms with Crippen molar-refractivity contribution in [3.05, 3.63) is 35.4 Å². The zero-order valence-electron chi connectivity index (χ0n) is 14.9. The second kappa shape index (κ2) is 5.60. The molecule has 6 rings (SSSR count). The number of nitrogens with one attached hydrogen (secondary N) is 1. The number of hydrogen-bond acceptors (Lipinski definition) is 3. The normalized spacial score (nSPS) is 38.7. The van der Waals surface area contributed by atoms with Gasteiger partial charge in [-0.15, -0.1) is 0 Å². The minimum absolute atomic E-state index is 0.166. The Morgan fingerprint density at radius 3 is 2.52 bits per heavy atom. The predicted octanol–water partition coefficient (Wildman–Crippen LogP) is 4.05. The van der Waals surface area contributed by atoms with Crippen LogP contribution >= 0.6 is 11.8 Å². The van der Waals surface area contributed by atoms with Crippen LogP contribution in [0.2, 0.25) is 0 Å². The van der Waals surface area contributed by atoms with E-state index in [9.17, 15) is 4.79 Å². The highest BCUT2D eigenvalue weighted by Gasteiger charge is 2.61. The molecule has 2 atom stereocenters. The van der Waals surface area contributed by atoms with Gasteiger partial charge in [-0.1, -0.05) is 41.6 Å². The number of hydrogen-bond donors (Lipinski definition) is 1. The quantitative estimate of drug-likeness (QED) is 0.870.